The fourth-order valence-corrected chi connectivity index (χ4v) is 2.45. The molecule has 0 fully saturated rings. The van der Waals surface area contributed by atoms with Crippen LogP contribution >= 0.6 is 0 Å². The topological polar surface area (TPSA) is 72.6 Å². The zero-order valence-electron chi connectivity index (χ0n) is 10.9. The molecule has 0 aromatic heterocycles. The Morgan fingerprint density at radius 1 is 1.05 bits per heavy atom. The van der Waals surface area contributed by atoms with E-state index in [1.54, 1.807) is 6.07 Å². The summed E-state index contributed by atoms with van der Waals surface area (Å²) in [6, 6.07) is 13.1. The highest BCUT2D eigenvalue weighted by molar-refractivity contribution is 6.23. The third-order valence-electron chi connectivity index (χ3n) is 3.39. The van der Waals surface area contributed by atoms with Crippen LogP contribution in [0.1, 0.15) is 22.3 Å². The molecule has 3 rings (SSSR count). The van der Waals surface area contributed by atoms with Crippen LogP contribution in [0.15, 0.2) is 42.5 Å². The Kier molecular flexibility index (Phi) is 3.26. The van der Waals surface area contributed by atoms with Gasteiger partial charge in [-0.1, -0.05) is 36.4 Å². The second kappa shape index (κ2) is 5.07. The number of fused-ring (bicyclic) bond motifs is 3. The van der Waals surface area contributed by atoms with E-state index in [0.717, 1.165) is 11.1 Å². The van der Waals surface area contributed by atoms with Crippen LogP contribution in [0.25, 0.3) is 11.1 Å². The van der Waals surface area contributed by atoms with Gasteiger partial charge in [-0.05, 0) is 17.2 Å². The Hall–Kier alpha value is -2.17. The van der Waals surface area contributed by atoms with E-state index in [0.29, 0.717) is 23.3 Å². The third kappa shape index (κ3) is 2.09. The number of aliphatic hydroxyl groups is 1. The van der Waals surface area contributed by atoms with Crippen molar-refractivity contribution in [2.45, 2.75) is 12.6 Å². The van der Waals surface area contributed by atoms with E-state index in [4.69, 9.17) is 15.6 Å². The monoisotopic (exact) mass is 269 g/mol. The van der Waals surface area contributed by atoms with E-state index in [2.05, 4.69) is 0 Å². The number of carbonyl (C=O) groups excluding carboxylic acids is 1. The lowest BCUT2D eigenvalue weighted by Gasteiger charge is -2.11. The number of ketones is 1. The molecule has 2 aromatic rings. The average Bonchev–Trinajstić information content (AvgIpc) is 2.74. The lowest BCUT2D eigenvalue weighted by atomic mass is 10.1. The quantitative estimate of drug-likeness (QED) is 0.710. The van der Waals surface area contributed by atoms with Crippen LogP contribution in [0.4, 0.5) is 0 Å². The number of carbonyl (C=O) groups is 1. The van der Waals surface area contributed by atoms with Gasteiger partial charge in [0.2, 0.25) is 0 Å². The Balaban J connectivity index is 1.96. The van der Waals surface area contributed by atoms with Gasteiger partial charge in [0.1, 0.15) is 12.0 Å². The van der Waals surface area contributed by atoms with Gasteiger partial charge in [-0.25, -0.2) is 0 Å². The summed E-state index contributed by atoms with van der Waals surface area (Å²) in [5.74, 6) is 0.531. The highest BCUT2D eigenvalue weighted by atomic mass is 16.5. The standard InChI is InChI=1S/C16H15NO3/c17-14(18)8-9-20-13-7-3-6-11-10-4-1-2-5-12(10)16(19)15(11)13/h1-7,14,18H,8-9,17H2. The number of aliphatic hydroxyl groups excluding tert-OH is 1. The van der Waals surface area contributed by atoms with Crippen molar-refractivity contribution in [1.29, 1.82) is 0 Å². The third-order valence-corrected chi connectivity index (χ3v) is 3.39. The number of benzene rings is 2. The minimum absolute atomic E-state index is 0.0144. The van der Waals surface area contributed by atoms with Gasteiger partial charge < -0.3 is 15.6 Å². The molecular weight excluding hydrogens is 254 g/mol. The number of nitrogens with two attached hydrogens (primary N) is 1. The van der Waals surface area contributed by atoms with Gasteiger partial charge in [0, 0.05) is 12.0 Å². The fraction of sp³-hybridized carbons (Fsp3) is 0.188. The average molecular weight is 269 g/mol. The molecule has 3 N–H and O–H groups in total. The lowest BCUT2D eigenvalue weighted by Crippen LogP contribution is -2.21. The molecule has 0 saturated heterocycles. The zero-order chi connectivity index (χ0) is 14.1. The molecule has 0 bridgehead atoms. The summed E-state index contributed by atoms with van der Waals surface area (Å²) >= 11 is 0. The summed E-state index contributed by atoms with van der Waals surface area (Å²) < 4.78 is 5.60. The van der Waals surface area contributed by atoms with Gasteiger partial charge in [-0.2, -0.15) is 0 Å². The summed E-state index contributed by atoms with van der Waals surface area (Å²) in [5, 5.41) is 9.05. The zero-order valence-corrected chi connectivity index (χ0v) is 10.9. The molecular formula is C16H15NO3. The summed E-state index contributed by atoms with van der Waals surface area (Å²) in [5.41, 5.74) is 8.42. The SMILES string of the molecule is NC(O)CCOc1cccc2c1C(=O)c1ccccc1-2. The molecule has 0 amide bonds. The summed E-state index contributed by atoms with van der Waals surface area (Å²) in [6.45, 7) is 0.276. The molecule has 0 heterocycles. The Morgan fingerprint density at radius 3 is 2.50 bits per heavy atom. The van der Waals surface area contributed by atoms with E-state index in [1.165, 1.54) is 0 Å². The van der Waals surface area contributed by atoms with Crippen LogP contribution in [0.5, 0.6) is 5.75 Å². The summed E-state index contributed by atoms with van der Waals surface area (Å²) in [6.07, 6.45) is -0.579. The molecule has 1 unspecified atom stereocenters. The fourth-order valence-electron chi connectivity index (χ4n) is 2.45. The van der Waals surface area contributed by atoms with E-state index in [1.807, 2.05) is 36.4 Å². The number of ether oxygens (including phenoxy) is 1. The molecule has 4 heteroatoms. The van der Waals surface area contributed by atoms with Crippen molar-refractivity contribution in [2.24, 2.45) is 5.73 Å². The Bertz CT molecular complexity index is 665. The molecule has 0 aliphatic heterocycles. The van der Waals surface area contributed by atoms with Crippen LogP contribution in [0, 0.1) is 0 Å². The second-order valence-electron chi connectivity index (χ2n) is 4.76. The first-order valence-electron chi connectivity index (χ1n) is 6.52. The van der Waals surface area contributed by atoms with Gasteiger partial charge in [0.05, 0.1) is 12.2 Å². The van der Waals surface area contributed by atoms with E-state index in [-0.39, 0.29) is 12.4 Å². The predicted molar refractivity (Wildman–Crippen MR) is 75.6 cm³/mol. The highest BCUT2D eigenvalue weighted by Gasteiger charge is 2.29. The Labute approximate surface area is 116 Å². The maximum atomic E-state index is 12.5. The molecule has 1 aliphatic rings. The van der Waals surface area contributed by atoms with Crippen LogP contribution in [-0.2, 0) is 0 Å². The minimum atomic E-state index is -0.903. The number of hydrogen-bond donors (Lipinski definition) is 2. The first-order valence-corrected chi connectivity index (χ1v) is 6.52. The van der Waals surface area contributed by atoms with Crippen molar-refractivity contribution in [1.82, 2.24) is 0 Å². The van der Waals surface area contributed by atoms with Crippen LogP contribution < -0.4 is 10.5 Å². The van der Waals surface area contributed by atoms with Crippen molar-refractivity contribution < 1.29 is 14.6 Å². The first kappa shape index (κ1) is 12.8. The Morgan fingerprint density at radius 2 is 1.75 bits per heavy atom. The maximum Gasteiger partial charge on any atom is 0.198 e. The van der Waals surface area contributed by atoms with E-state index >= 15 is 0 Å². The molecule has 0 spiro atoms. The molecule has 0 radical (unpaired) electrons. The van der Waals surface area contributed by atoms with Crippen molar-refractivity contribution >= 4 is 5.78 Å². The lowest BCUT2D eigenvalue weighted by molar-refractivity contribution is 0.103. The van der Waals surface area contributed by atoms with Crippen molar-refractivity contribution in [3.8, 4) is 16.9 Å². The van der Waals surface area contributed by atoms with Gasteiger partial charge in [-0.3, -0.25) is 4.79 Å². The number of rotatable bonds is 4. The van der Waals surface area contributed by atoms with Gasteiger partial charge in [-0.15, -0.1) is 0 Å². The molecule has 0 saturated carbocycles. The smallest absolute Gasteiger partial charge is 0.198 e. The van der Waals surface area contributed by atoms with Gasteiger partial charge >= 0.3 is 0 Å². The summed E-state index contributed by atoms with van der Waals surface area (Å²) in [4.78, 5) is 12.5. The second-order valence-corrected chi connectivity index (χ2v) is 4.76. The predicted octanol–water partition coefficient (Wildman–Crippen LogP) is 1.94. The van der Waals surface area contributed by atoms with E-state index < -0.39 is 6.23 Å². The molecule has 2 aromatic carbocycles. The first-order chi connectivity index (χ1) is 9.68. The molecule has 1 atom stereocenters. The molecule has 1 aliphatic carbocycles. The van der Waals surface area contributed by atoms with Crippen molar-refractivity contribution in [3.05, 3.63) is 53.6 Å². The largest absolute Gasteiger partial charge is 0.493 e. The minimum Gasteiger partial charge on any atom is -0.493 e. The maximum absolute atomic E-state index is 12.5. The van der Waals surface area contributed by atoms with E-state index in [9.17, 15) is 4.79 Å². The van der Waals surface area contributed by atoms with Crippen molar-refractivity contribution in [2.75, 3.05) is 6.61 Å². The summed E-state index contributed by atoms with van der Waals surface area (Å²) in [7, 11) is 0. The molecule has 20 heavy (non-hydrogen) atoms. The van der Waals surface area contributed by atoms with Crippen molar-refractivity contribution in [3.63, 3.8) is 0 Å². The molecule has 4 nitrogen and oxygen atoms in total. The van der Waals surface area contributed by atoms with Crippen LogP contribution in [0.3, 0.4) is 0 Å². The van der Waals surface area contributed by atoms with Crippen LogP contribution in [-0.4, -0.2) is 23.7 Å². The number of hydrogen-bond acceptors (Lipinski definition) is 4. The molecule has 102 valence electrons. The normalized spacial score (nSPS) is 13.8. The van der Waals surface area contributed by atoms with Gasteiger partial charge in [0.25, 0.3) is 0 Å². The highest BCUT2D eigenvalue weighted by Crippen LogP contribution is 2.40. The van der Waals surface area contributed by atoms with Crippen LogP contribution in [0.2, 0.25) is 0 Å². The van der Waals surface area contributed by atoms with Gasteiger partial charge in [0.15, 0.2) is 5.78 Å².